The number of anilines is 1. The molecule has 0 amide bonds. The molecule has 4 aromatic rings. The van der Waals surface area contributed by atoms with Crippen LogP contribution in [-0.4, -0.2) is 38.2 Å². The van der Waals surface area contributed by atoms with E-state index in [4.69, 9.17) is 10.7 Å². The SMILES string of the molecule is NC1CCCN(c2nc3c(c(=O)[nH]c(=O)n3Cc3ccccc3)n2Cc2cc(F)cc(F)c2)C1. The third kappa shape index (κ3) is 4.24. The summed E-state index contributed by atoms with van der Waals surface area (Å²) < 4.78 is 30.8. The number of imidazole rings is 1. The maximum absolute atomic E-state index is 13.9. The van der Waals surface area contributed by atoms with Crippen molar-refractivity contribution in [1.29, 1.82) is 0 Å². The Kier molecular flexibility index (Phi) is 5.74. The van der Waals surface area contributed by atoms with Crippen molar-refractivity contribution in [2.45, 2.75) is 32.0 Å². The first-order valence-corrected chi connectivity index (χ1v) is 11.1. The summed E-state index contributed by atoms with van der Waals surface area (Å²) in [5.41, 5.74) is 6.56. The highest BCUT2D eigenvalue weighted by molar-refractivity contribution is 5.75. The maximum atomic E-state index is 13.9. The molecule has 0 bridgehead atoms. The fraction of sp³-hybridized carbons (Fsp3) is 0.292. The average Bonchev–Trinajstić information content (AvgIpc) is 3.16. The van der Waals surface area contributed by atoms with E-state index >= 15 is 0 Å². The molecule has 2 aromatic heterocycles. The molecule has 1 atom stereocenters. The number of fused-ring (bicyclic) bond motifs is 1. The van der Waals surface area contributed by atoms with Crippen LogP contribution in [0.1, 0.15) is 24.0 Å². The molecule has 10 heteroatoms. The van der Waals surface area contributed by atoms with Gasteiger partial charge in [0.2, 0.25) is 5.95 Å². The van der Waals surface area contributed by atoms with Gasteiger partial charge in [-0.05, 0) is 36.1 Å². The number of hydrogen-bond acceptors (Lipinski definition) is 5. The zero-order valence-corrected chi connectivity index (χ0v) is 18.4. The standard InChI is InChI=1S/C24H24F2N6O2/c25-17-9-16(10-18(26)11-17)13-31-20-21(28-23(31)30-8-4-7-19(27)14-30)32(24(34)29-22(20)33)12-15-5-2-1-3-6-15/h1-3,5-6,9-11,19H,4,7-8,12-14,27H2,(H,29,33,34). The van der Waals surface area contributed by atoms with Crippen LogP contribution >= 0.6 is 0 Å². The number of benzene rings is 2. The Labute approximate surface area is 193 Å². The first kappa shape index (κ1) is 22.0. The van der Waals surface area contributed by atoms with Crippen LogP contribution in [0.15, 0.2) is 58.1 Å². The second-order valence-corrected chi connectivity index (χ2v) is 8.63. The van der Waals surface area contributed by atoms with Crippen LogP contribution in [0.25, 0.3) is 11.2 Å². The smallest absolute Gasteiger partial charge is 0.330 e. The van der Waals surface area contributed by atoms with E-state index in [2.05, 4.69) is 4.98 Å². The number of aromatic amines is 1. The van der Waals surface area contributed by atoms with Crippen molar-refractivity contribution >= 4 is 17.1 Å². The second-order valence-electron chi connectivity index (χ2n) is 8.63. The summed E-state index contributed by atoms with van der Waals surface area (Å²) in [6.07, 6.45) is 1.71. The van der Waals surface area contributed by atoms with Crippen molar-refractivity contribution in [3.05, 3.63) is 92.1 Å². The molecule has 0 saturated carbocycles. The molecular formula is C24H24F2N6O2. The Morgan fingerprint density at radius 3 is 2.41 bits per heavy atom. The van der Waals surface area contributed by atoms with E-state index < -0.39 is 22.9 Å². The third-order valence-corrected chi connectivity index (χ3v) is 6.05. The first-order chi connectivity index (χ1) is 16.4. The number of halogens is 2. The minimum absolute atomic E-state index is 0.00112. The van der Waals surface area contributed by atoms with Gasteiger partial charge in [0.25, 0.3) is 5.56 Å². The first-order valence-electron chi connectivity index (χ1n) is 11.1. The molecule has 0 radical (unpaired) electrons. The molecule has 3 heterocycles. The lowest BCUT2D eigenvalue weighted by Gasteiger charge is -2.31. The molecule has 1 fully saturated rings. The monoisotopic (exact) mass is 466 g/mol. The van der Waals surface area contributed by atoms with Crippen LogP contribution in [0, 0.1) is 11.6 Å². The average molecular weight is 466 g/mol. The van der Waals surface area contributed by atoms with Gasteiger partial charge in [-0.25, -0.2) is 13.6 Å². The Morgan fingerprint density at radius 2 is 1.71 bits per heavy atom. The van der Waals surface area contributed by atoms with Gasteiger partial charge in [-0.3, -0.25) is 18.9 Å². The predicted molar refractivity (Wildman–Crippen MR) is 125 cm³/mol. The number of hydrogen-bond donors (Lipinski definition) is 2. The Morgan fingerprint density at radius 1 is 1.00 bits per heavy atom. The molecule has 1 aliphatic rings. The van der Waals surface area contributed by atoms with Crippen LogP contribution in [0.4, 0.5) is 14.7 Å². The molecule has 1 saturated heterocycles. The molecule has 34 heavy (non-hydrogen) atoms. The Balaban J connectivity index is 1.71. The van der Waals surface area contributed by atoms with Crippen molar-refractivity contribution in [1.82, 2.24) is 19.1 Å². The number of nitrogens with zero attached hydrogens (tertiary/aromatic N) is 4. The summed E-state index contributed by atoms with van der Waals surface area (Å²) in [5, 5.41) is 0. The molecule has 176 valence electrons. The van der Waals surface area contributed by atoms with Gasteiger partial charge in [0.1, 0.15) is 11.6 Å². The summed E-state index contributed by atoms with van der Waals surface area (Å²) in [5.74, 6) is -0.987. The summed E-state index contributed by atoms with van der Waals surface area (Å²) in [7, 11) is 0. The highest BCUT2D eigenvalue weighted by Crippen LogP contribution is 2.25. The van der Waals surface area contributed by atoms with Crippen LogP contribution < -0.4 is 21.9 Å². The van der Waals surface area contributed by atoms with E-state index in [-0.39, 0.29) is 30.3 Å². The number of piperidine rings is 1. The second kappa shape index (κ2) is 8.86. The highest BCUT2D eigenvalue weighted by atomic mass is 19.1. The van der Waals surface area contributed by atoms with Gasteiger partial charge in [-0.15, -0.1) is 0 Å². The quantitative estimate of drug-likeness (QED) is 0.470. The summed E-state index contributed by atoms with van der Waals surface area (Å²) >= 11 is 0. The Bertz CT molecular complexity index is 1440. The van der Waals surface area contributed by atoms with Gasteiger partial charge in [-0.1, -0.05) is 30.3 Å². The molecule has 1 unspecified atom stereocenters. The number of rotatable bonds is 5. The van der Waals surface area contributed by atoms with Gasteiger partial charge in [0.15, 0.2) is 11.2 Å². The van der Waals surface area contributed by atoms with Gasteiger partial charge < -0.3 is 10.6 Å². The predicted octanol–water partition coefficient (Wildman–Crippen LogP) is 2.19. The van der Waals surface area contributed by atoms with Crippen LogP contribution in [-0.2, 0) is 13.1 Å². The Hall–Kier alpha value is -3.79. The zero-order valence-electron chi connectivity index (χ0n) is 18.4. The topological polar surface area (TPSA) is 102 Å². The van der Waals surface area contributed by atoms with E-state index in [0.717, 1.165) is 24.5 Å². The van der Waals surface area contributed by atoms with Crippen molar-refractivity contribution in [2.24, 2.45) is 5.73 Å². The molecule has 0 aliphatic carbocycles. The summed E-state index contributed by atoms with van der Waals surface area (Å²) in [4.78, 5) is 34.8. The van der Waals surface area contributed by atoms with Gasteiger partial charge in [0.05, 0.1) is 13.1 Å². The van der Waals surface area contributed by atoms with Crippen molar-refractivity contribution in [3.63, 3.8) is 0 Å². The fourth-order valence-corrected chi connectivity index (χ4v) is 4.54. The van der Waals surface area contributed by atoms with Crippen LogP contribution in [0.3, 0.4) is 0 Å². The number of H-pyrrole nitrogens is 1. The minimum atomic E-state index is -0.712. The molecule has 5 rings (SSSR count). The lowest BCUT2D eigenvalue weighted by Crippen LogP contribution is -2.44. The van der Waals surface area contributed by atoms with Gasteiger partial charge in [0, 0.05) is 25.2 Å². The number of nitrogens with two attached hydrogens (primary N) is 1. The number of aromatic nitrogens is 4. The lowest BCUT2D eigenvalue weighted by molar-refractivity contribution is 0.495. The zero-order chi connectivity index (χ0) is 23.8. The van der Waals surface area contributed by atoms with Crippen LogP contribution in [0.5, 0.6) is 0 Å². The maximum Gasteiger partial charge on any atom is 0.330 e. The molecule has 0 spiro atoms. The summed E-state index contributed by atoms with van der Waals surface area (Å²) in [6, 6.07) is 12.5. The van der Waals surface area contributed by atoms with Crippen molar-refractivity contribution in [2.75, 3.05) is 18.0 Å². The normalized spacial score (nSPS) is 16.3. The molecule has 3 N–H and O–H groups in total. The van der Waals surface area contributed by atoms with Gasteiger partial charge in [-0.2, -0.15) is 4.98 Å². The van der Waals surface area contributed by atoms with Crippen LogP contribution in [0.2, 0.25) is 0 Å². The van der Waals surface area contributed by atoms with Crippen molar-refractivity contribution in [3.8, 4) is 0 Å². The number of nitrogens with one attached hydrogen (secondary N) is 1. The lowest BCUT2D eigenvalue weighted by atomic mass is 10.1. The van der Waals surface area contributed by atoms with E-state index in [1.54, 1.807) is 4.57 Å². The van der Waals surface area contributed by atoms with E-state index in [1.807, 2.05) is 35.2 Å². The molecule has 8 nitrogen and oxygen atoms in total. The molecule has 1 aliphatic heterocycles. The molecular weight excluding hydrogens is 442 g/mol. The fourth-order valence-electron chi connectivity index (χ4n) is 4.54. The van der Waals surface area contributed by atoms with E-state index in [0.29, 0.717) is 24.6 Å². The van der Waals surface area contributed by atoms with E-state index in [9.17, 15) is 18.4 Å². The molecule has 2 aromatic carbocycles. The summed E-state index contributed by atoms with van der Waals surface area (Å²) in [6.45, 7) is 1.38. The highest BCUT2D eigenvalue weighted by Gasteiger charge is 2.26. The van der Waals surface area contributed by atoms with Gasteiger partial charge >= 0.3 is 5.69 Å². The largest absolute Gasteiger partial charge is 0.341 e. The van der Waals surface area contributed by atoms with Crippen molar-refractivity contribution < 1.29 is 8.78 Å². The van der Waals surface area contributed by atoms with E-state index in [1.165, 1.54) is 16.7 Å². The third-order valence-electron chi connectivity index (χ3n) is 6.05. The minimum Gasteiger partial charge on any atom is -0.341 e.